The van der Waals surface area contributed by atoms with E-state index < -0.39 is 5.91 Å². The van der Waals surface area contributed by atoms with Gasteiger partial charge in [-0.05, 0) is 47.5 Å². The Morgan fingerprint density at radius 1 is 1.28 bits per heavy atom. The van der Waals surface area contributed by atoms with Gasteiger partial charge in [0.25, 0.3) is 11.1 Å². The largest absolute Gasteiger partial charge is 0.398 e. The first-order valence-electron chi connectivity index (χ1n) is 7.79. The number of nitrogens with one attached hydrogen (secondary N) is 1. The number of thioether (sulfide) groups is 1. The van der Waals surface area contributed by atoms with E-state index in [-0.39, 0.29) is 5.24 Å². The first kappa shape index (κ1) is 15.6. The molecule has 0 spiro atoms. The highest BCUT2D eigenvalue weighted by molar-refractivity contribution is 8.18. The van der Waals surface area contributed by atoms with Crippen molar-refractivity contribution in [2.45, 2.75) is 13.0 Å². The Morgan fingerprint density at radius 3 is 2.96 bits per heavy atom. The SMILES string of the molecule is Nc1cccc2c1CCN(c1nccc(/C=C3/SC(=O)NC3=O)n1)C2. The average Bonchev–Trinajstić information content (AvgIpc) is 2.92. The molecule has 126 valence electrons. The molecule has 2 aliphatic rings. The molecule has 4 rings (SSSR count). The lowest BCUT2D eigenvalue weighted by Gasteiger charge is -2.29. The topological polar surface area (TPSA) is 101 Å². The van der Waals surface area contributed by atoms with Crippen LogP contribution in [0.15, 0.2) is 35.4 Å². The zero-order valence-electron chi connectivity index (χ0n) is 13.2. The Labute approximate surface area is 148 Å². The van der Waals surface area contributed by atoms with Crippen LogP contribution in [-0.2, 0) is 17.8 Å². The van der Waals surface area contributed by atoms with Crippen LogP contribution in [0.4, 0.5) is 16.4 Å². The molecule has 25 heavy (non-hydrogen) atoms. The summed E-state index contributed by atoms with van der Waals surface area (Å²) in [5.74, 6) is 0.203. The molecule has 0 unspecified atom stereocenters. The van der Waals surface area contributed by atoms with E-state index in [1.165, 1.54) is 11.1 Å². The molecule has 0 aliphatic carbocycles. The zero-order chi connectivity index (χ0) is 17.4. The quantitative estimate of drug-likeness (QED) is 0.628. The summed E-state index contributed by atoms with van der Waals surface area (Å²) in [4.78, 5) is 34.2. The van der Waals surface area contributed by atoms with Crippen molar-refractivity contribution >= 4 is 40.6 Å². The number of nitrogens with zero attached hydrogens (tertiary/aromatic N) is 3. The van der Waals surface area contributed by atoms with E-state index >= 15 is 0 Å². The maximum absolute atomic E-state index is 11.7. The fraction of sp³-hybridized carbons (Fsp3) is 0.176. The van der Waals surface area contributed by atoms with Gasteiger partial charge < -0.3 is 10.6 Å². The number of carbonyl (C=O) groups excluding carboxylic acids is 2. The van der Waals surface area contributed by atoms with Crippen molar-refractivity contribution in [2.75, 3.05) is 17.2 Å². The van der Waals surface area contributed by atoms with E-state index in [0.717, 1.165) is 30.4 Å². The van der Waals surface area contributed by atoms with Gasteiger partial charge in [0.1, 0.15) is 0 Å². The summed E-state index contributed by atoms with van der Waals surface area (Å²) < 4.78 is 0. The number of anilines is 2. The number of carbonyl (C=O) groups is 2. The number of aromatic nitrogens is 2. The molecule has 1 saturated heterocycles. The van der Waals surface area contributed by atoms with Gasteiger partial charge in [0.15, 0.2) is 0 Å². The molecular weight excluding hydrogens is 338 g/mol. The van der Waals surface area contributed by atoms with Crippen molar-refractivity contribution in [3.8, 4) is 0 Å². The monoisotopic (exact) mass is 353 g/mol. The minimum Gasteiger partial charge on any atom is -0.398 e. The fourth-order valence-electron chi connectivity index (χ4n) is 2.96. The average molecular weight is 353 g/mol. The normalized spacial score (nSPS) is 18.4. The van der Waals surface area contributed by atoms with Crippen molar-refractivity contribution in [2.24, 2.45) is 0 Å². The van der Waals surface area contributed by atoms with Crippen molar-refractivity contribution in [1.29, 1.82) is 0 Å². The lowest BCUT2D eigenvalue weighted by Crippen LogP contribution is -2.32. The molecule has 7 nitrogen and oxygen atoms in total. The Balaban J connectivity index is 1.59. The van der Waals surface area contributed by atoms with Gasteiger partial charge in [0.2, 0.25) is 5.95 Å². The number of benzene rings is 1. The lowest BCUT2D eigenvalue weighted by atomic mass is 9.98. The maximum atomic E-state index is 11.7. The molecule has 0 saturated carbocycles. The molecule has 1 aromatic carbocycles. The van der Waals surface area contributed by atoms with E-state index in [1.807, 2.05) is 12.1 Å². The van der Waals surface area contributed by atoms with E-state index in [9.17, 15) is 9.59 Å². The minimum atomic E-state index is -0.391. The summed E-state index contributed by atoms with van der Waals surface area (Å²) in [6, 6.07) is 7.65. The molecule has 2 aromatic rings. The fourth-order valence-corrected chi connectivity index (χ4v) is 3.63. The summed E-state index contributed by atoms with van der Waals surface area (Å²) in [6.07, 6.45) is 4.10. The van der Waals surface area contributed by atoms with Crippen LogP contribution < -0.4 is 16.0 Å². The number of rotatable bonds is 2. The van der Waals surface area contributed by atoms with Gasteiger partial charge in [0.05, 0.1) is 10.6 Å². The molecular formula is C17H15N5O2S. The van der Waals surface area contributed by atoms with Gasteiger partial charge in [0, 0.05) is 25.0 Å². The van der Waals surface area contributed by atoms with Crippen LogP contribution in [0.1, 0.15) is 16.8 Å². The molecule has 3 N–H and O–H groups in total. The number of nitrogen functional groups attached to an aromatic ring is 1. The molecule has 0 atom stereocenters. The summed E-state index contributed by atoms with van der Waals surface area (Å²) in [5, 5.41) is 1.87. The Bertz CT molecular complexity index is 912. The van der Waals surface area contributed by atoms with Gasteiger partial charge in [-0.25, -0.2) is 9.97 Å². The number of hydrogen-bond donors (Lipinski definition) is 2. The van der Waals surface area contributed by atoms with Crippen LogP contribution in [-0.4, -0.2) is 27.7 Å². The smallest absolute Gasteiger partial charge is 0.290 e. The van der Waals surface area contributed by atoms with Gasteiger partial charge in [-0.2, -0.15) is 0 Å². The van der Waals surface area contributed by atoms with Gasteiger partial charge in [-0.1, -0.05) is 12.1 Å². The van der Waals surface area contributed by atoms with E-state index in [2.05, 4.69) is 26.3 Å². The second-order valence-electron chi connectivity index (χ2n) is 5.79. The summed E-state index contributed by atoms with van der Waals surface area (Å²) >= 11 is 0.876. The van der Waals surface area contributed by atoms with Crippen molar-refractivity contribution in [3.63, 3.8) is 0 Å². The lowest BCUT2D eigenvalue weighted by molar-refractivity contribution is -0.115. The van der Waals surface area contributed by atoms with Crippen LogP contribution in [0.2, 0.25) is 0 Å². The van der Waals surface area contributed by atoms with E-state index in [4.69, 9.17) is 5.73 Å². The predicted octanol–water partition coefficient (Wildman–Crippen LogP) is 1.95. The van der Waals surface area contributed by atoms with Crippen LogP contribution >= 0.6 is 11.8 Å². The van der Waals surface area contributed by atoms with Gasteiger partial charge in [-0.3, -0.25) is 14.9 Å². The molecule has 8 heteroatoms. The Morgan fingerprint density at radius 2 is 2.16 bits per heavy atom. The molecule has 1 aromatic heterocycles. The van der Waals surface area contributed by atoms with Gasteiger partial charge in [-0.15, -0.1) is 0 Å². The summed E-state index contributed by atoms with van der Waals surface area (Å²) in [6.45, 7) is 1.46. The molecule has 2 amide bonds. The third-order valence-electron chi connectivity index (χ3n) is 4.17. The highest BCUT2D eigenvalue weighted by Gasteiger charge is 2.25. The van der Waals surface area contributed by atoms with Crippen LogP contribution in [0.5, 0.6) is 0 Å². The van der Waals surface area contributed by atoms with E-state index in [0.29, 0.717) is 23.1 Å². The minimum absolute atomic E-state index is 0.339. The summed E-state index contributed by atoms with van der Waals surface area (Å²) in [5.41, 5.74) is 9.82. The van der Waals surface area contributed by atoms with Crippen LogP contribution in [0, 0.1) is 0 Å². The Hall–Kier alpha value is -2.87. The van der Waals surface area contributed by atoms with Gasteiger partial charge >= 0.3 is 0 Å². The second kappa shape index (κ2) is 6.21. The maximum Gasteiger partial charge on any atom is 0.290 e. The molecule has 0 radical (unpaired) electrons. The highest BCUT2D eigenvalue weighted by Crippen LogP contribution is 2.27. The van der Waals surface area contributed by atoms with Crippen LogP contribution in [0.25, 0.3) is 6.08 Å². The number of nitrogens with two attached hydrogens (primary N) is 1. The first-order valence-corrected chi connectivity index (χ1v) is 8.61. The standard InChI is InChI=1S/C17H15N5O2S/c18-13-3-1-2-10-9-22(7-5-12(10)13)16-19-6-4-11(20-16)8-14-15(23)21-17(24)25-14/h1-4,6,8H,5,7,9,18H2,(H,21,23,24)/b14-8+. The molecule has 3 heterocycles. The molecule has 1 fully saturated rings. The third kappa shape index (κ3) is 3.08. The number of amides is 2. The Kier molecular flexibility index (Phi) is 3.89. The number of hydrogen-bond acceptors (Lipinski definition) is 7. The van der Waals surface area contributed by atoms with E-state index in [1.54, 1.807) is 18.3 Å². The number of fused-ring (bicyclic) bond motifs is 1. The predicted molar refractivity (Wildman–Crippen MR) is 96.7 cm³/mol. The highest BCUT2D eigenvalue weighted by atomic mass is 32.2. The first-order chi connectivity index (χ1) is 12.1. The van der Waals surface area contributed by atoms with Crippen molar-refractivity contribution in [1.82, 2.24) is 15.3 Å². The number of imide groups is 1. The van der Waals surface area contributed by atoms with Crippen molar-refractivity contribution in [3.05, 3.63) is 52.2 Å². The summed E-state index contributed by atoms with van der Waals surface area (Å²) in [7, 11) is 0. The molecule has 2 aliphatic heterocycles. The van der Waals surface area contributed by atoms with Crippen LogP contribution in [0.3, 0.4) is 0 Å². The third-order valence-corrected chi connectivity index (χ3v) is 4.98. The molecule has 0 bridgehead atoms. The second-order valence-corrected chi connectivity index (χ2v) is 6.80. The van der Waals surface area contributed by atoms with Crippen molar-refractivity contribution < 1.29 is 9.59 Å². The zero-order valence-corrected chi connectivity index (χ0v) is 14.0.